The average molecular weight is 399 g/mol. The van der Waals surface area contributed by atoms with E-state index in [9.17, 15) is 0 Å². The van der Waals surface area contributed by atoms with E-state index in [0.717, 1.165) is 42.4 Å². The SMILES string of the molecule is CCNC(=NCc1ccnc(OC)c1)NCc1ccc(C)cc1OC1CCOC1. The Bertz CT molecular complexity index is 819. The van der Waals surface area contributed by atoms with Crippen LogP contribution in [0.1, 0.15) is 30.0 Å². The lowest BCUT2D eigenvalue weighted by atomic mass is 10.1. The summed E-state index contributed by atoms with van der Waals surface area (Å²) in [5.74, 6) is 2.25. The molecule has 1 atom stereocenters. The third kappa shape index (κ3) is 6.35. The molecule has 1 aromatic heterocycles. The molecule has 0 saturated carbocycles. The molecule has 7 nitrogen and oxygen atoms in total. The molecule has 1 aliphatic rings. The zero-order valence-electron chi connectivity index (χ0n) is 17.4. The number of aryl methyl sites for hydroxylation is 1. The molecule has 156 valence electrons. The quantitative estimate of drug-likeness (QED) is 0.526. The van der Waals surface area contributed by atoms with Gasteiger partial charge in [-0.3, -0.25) is 0 Å². The summed E-state index contributed by atoms with van der Waals surface area (Å²) in [6.45, 7) is 7.47. The van der Waals surface area contributed by atoms with E-state index in [4.69, 9.17) is 14.2 Å². The number of pyridine rings is 1. The number of ether oxygens (including phenoxy) is 3. The van der Waals surface area contributed by atoms with E-state index in [1.54, 1.807) is 13.3 Å². The Morgan fingerprint density at radius 2 is 2.17 bits per heavy atom. The smallest absolute Gasteiger partial charge is 0.213 e. The number of rotatable bonds is 8. The van der Waals surface area contributed by atoms with Crippen molar-refractivity contribution in [1.82, 2.24) is 15.6 Å². The van der Waals surface area contributed by atoms with Gasteiger partial charge in [0.15, 0.2) is 5.96 Å². The fraction of sp³-hybridized carbons (Fsp3) is 0.455. The average Bonchev–Trinajstić information content (AvgIpc) is 3.24. The number of hydrogen-bond acceptors (Lipinski definition) is 5. The van der Waals surface area contributed by atoms with Gasteiger partial charge in [0.05, 0.1) is 26.9 Å². The first-order valence-electron chi connectivity index (χ1n) is 10.0. The molecule has 29 heavy (non-hydrogen) atoms. The first-order chi connectivity index (χ1) is 14.2. The molecule has 2 heterocycles. The maximum absolute atomic E-state index is 6.19. The van der Waals surface area contributed by atoms with E-state index in [2.05, 4.69) is 45.7 Å². The van der Waals surface area contributed by atoms with Crippen molar-refractivity contribution in [3.8, 4) is 11.6 Å². The molecule has 0 amide bonds. The van der Waals surface area contributed by atoms with Crippen molar-refractivity contribution in [2.24, 2.45) is 4.99 Å². The third-order valence-electron chi connectivity index (χ3n) is 4.62. The van der Waals surface area contributed by atoms with Crippen molar-refractivity contribution in [1.29, 1.82) is 0 Å². The van der Waals surface area contributed by atoms with Crippen molar-refractivity contribution in [2.45, 2.75) is 39.5 Å². The van der Waals surface area contributed by atoms with Gasteiger partial charge in [0, 0.05) is 37.3 Å². The van der Waals surface area contributed by atoms with E-state index < -0.39 is 0 Å². The maximum Gasteiger partial charge on any atom is 0.213 e. The third-order valence-corrected chi connectivity index (χ3v) is 4.62. The number of guanidine groups is 1. The fourth-order valence-corrected chi connectivity index (χ4v) is 3.05. The van der Waals surface area contributed by atoms with Crippen molar-refractivity contribution in [3.05, 3.63) is 53.2 Å². The Labute approximate surface area is 172 Å². The van der Waals surface area contributed by atoms with E-state index in [-0.39, 0.29) is 6.10 Å². The predicted octanol–water partition coefficient (Wildman–Crippen LogP) is 2.82. The van der Waals surface area contributed by atoms with Gasteiger partial charge >= 0.3 is 0 Å². The van der Waals surface area contributed by atoms with Crippen LogP contribution in [-0.4, -0.2) is 43.9 Å². The number of methoxy groups -OCH3 is 1. The van der Waals surface area contributed by atoms with E-state index in [1.165, 1.54) is 5.56 Å². The molecule has 0 bridgehead atoms. The standard InChI is InChI=1S/C22H30N4O3/c1-4-23-22(25-13-17-7-9-24-21(12-17)27-3)26-14-18-6-5-16(2)11-20(18)29-19-8-10-28-15-19/h5-7,9,11-12,19H,4,8,10,13-15H2,1-3H3,(H2,23,25,26). The minimum atomic E-state index is 0.124. The molecule has 1 unspecified atom stereocenters. The second-order valence-corrected chi connectivity index (χ2v) is 6.97. The number of aromatic nitrogens is 1. The molecular weight excluding hydrogens is 368 g/mol. The topological polar surface area (TPSA) is 77.0 Å². The Hall–Kier alpha value is -2.80. The molecule has 2 aromatic rings. The summed E-state index contributed by atoms with van der Waals surface area (Å²) >= 11 is 0. The number of aliphatic imine (C=N–C) groups is 1. The zero-order chi connectivity index (χ0) is 20.5. The molecule has 0 radical (unpaired) electrons. The number of nitrogens with one attached hydrogen (secondary N) is 2. The van der Waals surface area contributed by atoms with E-state index >= 15 is 0 Å². The lowest BCUT2D eigenvalue weighted by Gasteiger charge is -2.18. The highest BCUT2D eigenvalue weighted by atomic mass is 16.5. The number of benzene rings is 1. The Morgan fingerprint density at radius 1 is 1.28 bits per heavy atom. The largest absolute Gasteiger partial charge is 0.488 e. The van der Waals surface area contributed by atoms with Gasteiger partial charge in [-0.05, 0) is 37.1 Å². The van der Waals surface area contributed by atoms with Crippen LogP contribution in [0.2, 0.25) is 0 Å². The zero-order valence-corrected chi connectivity index (χ0v) is 17.4. The Balaban J connectivity index is 1.66. The van der Waals surface area contributed by atoms with Crippen LogP contribution in [0.4, 0.5) is 0 Å². The van der Waals surface area contributed by atoms with Gasteiger partial charge in [0.2, 0.25) is 5.88 Å². The summed E-state index contributed by atoms with van der Waals surface area (Å²) in [6.07, 6.45) is 2.78. The number of nitrogens with zero attached hydrogens (tertiary/aromatic N) is 2. The van der Waals surface area contributed by atoms with E-state index in [0.29, 0.717) is 25.6 Å². The summed E-state index contributed by atoms with van der Waals surface area (Å²) in [5, 5.41) is 6.69. The van der Waals surface area contributed by atoms with Crippen LogP contribution in [0.3, 0.4) is 0 Å². The fourth-order valence-electron chi connectivity index (χ4n) is 3.05. The first kappa shape index (κ1) is 20.9. The Morgan fingerprint density at radius 3 is 2.93 bits per heavy atom. The lowest BCUT2D eigenvalue weighted by molar-refractivity contribution is 0.140. The number of hydrogen-bond donors (Lipinski definition) is 2. The van der Waals surface area contributed by atoms with Crippen LogP contribution in [0.25, 0.3) is 0 Å². The van der Waals surface area contributed by atoms with Crippen LogP contribution in [0.15, 0.2) is 41.5 Å². The van der Waals surface area contributed by atoms with Gasteiger partial charge in [-0.1, -0.05) is 12.1 Å². The normalized spacial score (nSPS) is 16.5. The van der Waals surface area contributed by atoms with Gasteiger partial charge in [-0.15, -0.1) is 0 Å². The van der Waals surface area contributed by atoms with Gasteiger partial charge in [0.1, 0.15) is 11.9 Å². The van der Waals surface area contributed by atoms with Crippen LogP contribution in [-0.2, 0) is 17.8 Å². The van der Waals surface area contributed by atoms with E-state index in [1.807, 2.05) is 19.1 Å². The molecule has 0 spiro atoms. The molecule has 1 aromatic carbocycles. The second-order valence-electron chi connectivity index (χ2n) is 6.97. The van der Waals surface area contributed by atoms with Crippen molar-refractivity contribution >= 4 is 5.96 Å². The predicted molar refractivity (Wildman–Crippen MR) is 113 cm³/mol. The highest BCUT2D eigenvalue weighted by Gasteiger charge is 2.18. The molecular formula is C22H30N4O3. The summed E-state index contributed by atoms with van der Waals surface area (Å²) in [5.41, 5.74) is 3.31. The Kier molecular flexibility index (Phi) is 7.69. The van der Waals surface area contributed by atoms with Gasteiger partial charge in [0.25, 0.3) is 0 Å². The van der Waals surface area contributed by atoms with Crippen LogP contribution < -0.4 is 20.1 Å². The molecule has 1 saturated heterocycles. The van der Waals surface area contributed by atoms with Crippen molar-refractivity contribution in [2.75, 3.05) is 26.9 Å². The van der Waals surface area contributed by atoms with Gasteiger partial charge in [-0.25, -0.2) is 9.98 Å². The van der Waals surface area contributed by atoms with Crippen molar-refractivity contribution in [3.63, 3.8) is 0 Å². The van der Waals surface area contributed by atoms with Crippen LogP contribution in [0.5, 0.6) is 11.6 Å². The van der Waals surface area contributed by atoms with Crippen LogP contribution >= 0.6 is 0 Å². The lowest BCUT2D eigenvalue weighted by Crippen LogP contribution is -2.37. The van der Waals surface area contributed by atoms with Gasteiger partial charge < -0.3 is 24.8 Å². The molecule has 2 N–H and O–H groups in total. The second kappa shape index (κ2) is 10.7. The monoisotopic (exact) mass is 398 g/mol. The molecule has 0 aliphatic carbocycles. The summed E-state index contributed by atoms with van der Waals surface area (Å²) in [7, 11) is 1.61. The summed E-state index contributed by atoms with van der Waals surface area (Å²) < 4.78 is 16.8. The molecule has 7 heteroatoms. The minimum Gasteiger partial charge on any atom is -0.488 e. The summed E-state index contributed by atoms with van der Waals surface area (Å²) in [4.78, 5) is 8.81. The molecule has 3 rings (SSSR count). The molecule has 1 fully saturated rings. The van der Waals surface area contributed by atoms with Crippen LogP contribution in [0, 0.1) is 6.92 Å². The first-order valence-corrected chi connectivity index (χ1v) is 10.0. The highest BCUT2D eigenvalue weighted by Crippen LogP contribution is 2.23. The molecule has 1 aliphatic heterocycles. The maximum atomic E-state index is 6.19. The summed E-state index contributed by atoms with van der Waals surface area (Å²) in [6, 6.07) is 10.1. The highest BCUT2D eigenvalue weighted by molar-refractivity contribution is 5.79. The minimum absolute atomic E-state index is 0.124. The van der Waals surface area contributed by atoms with Crippen molar-refractivity contribution < 1.29 is 14.2 Å². The van der Waals surface area contributed by atoms with Gasteiger partial charge in [-0.2, -0.15) is 0 Å².